The molecule has 2 aromatic rings. The molecular formula is C25H33N3O5S. The third kappa shape index (κ3) is 5.95. The summed E-state index contributed by atoms with van der Waals surface area (Å²) >= 11 is 0. The minimum absolute atomic E-state index is 0.119. The maximum atomic E-state index is 13.2. The highest BCUT2D eigenvalue weighted by molar-refractivity contribution is 7.89. The molecule has 2 amide bonds. The normalized spacial score (nSPS) is 15.7. The fraction of sp³-hybridized carbons (Fsp3) is 0.440. The molecule has 1 heterocycles. The molecule has 8 nitrogen and oxygen atoms in total. The van der Waals surface area contributed by atoms with Gasteiger partial charge in [-0.1, -0.05) is 31.5 Å². The number of hydrogen-bond donors (Lipinski definition) is 1. The molecule has 0 aromatic heterocycles. The highest BCUT2D eigenvalue weighted by atomic mass is 32.2. The molecule has 3 rings (SSSR count). The van der Waals surface area contributed by atoms with Crippen molar-refractivity contribution in [1.82, 2.24) is 14.5 Å². The van der Waals surface area contributed by atoms with E-state index < -0.39 is 16.1 Å². The van der Waals surface area contributed by atoms with E-state index in [1.54, 1.807) is 35.2 Å². The summed E-state index contributed by atoms with van der Waals surface area (Å²) in [6.45, 7) is 8.95. The van der Waals surface area contributed by atoms with Gasteiger partial charge in [-0.2, -0.15) is 4.31 Å². The Kier molecular flexibility index (Phi) is 8.33. The van der Waals surface area contributed by atoms with Crippen LogP contribution >= 0.6 is 0 Å². The standard InChI is InChI=1S/C25H33N3O5S/c1-5-33-21-9-11-22(12-10-21)34(31,32)28-15-13-27(14-16-28)25(30)23(18(2)3)26-24(29)20-8-6-7-19(4)17-20/h6-12,17-18,23H,5,13-16H2,1-4H3,(H,26,29)/t23-/m0/s1. The van der Waals surface area contributed by atoms with Gasteiger partial charge in [0.15, 0.2) is 0 Å². The number of hydrogen-bond acceptors (Lipinski definition) is 5. The molecule has 0 spiro atoms. The van der Waals surface area contributed by atoms with Gasteiger partial charge >= 0.3 is 0 Å². The van der Waals surface area contributed by atoms with E-state index in [4.69, 9.17) is 4.74 Å². The first-order chi connectivity index (χ1) is 16.1. The first-order valence-electron chi connectivity index (χ1n) is 11.5. The molecule has 0 aliphatic carbocycles. The lowest BCUT2D eigenvalue weighted by molar-refractivity contribution is -0.135. The molecule has 184 valence electrons. The van der Waals surface area contributed by atoms with Crippen LogP contribution in [0.15, 0.2) is 53.4 Å². The number of benzene rings is 2. The molecule has 0 unspecified atom stereocenters. The van der Waals surface area contributed by atoms with Crippen molar-refractivity contribution < 1.29 is 22.7 Å². The van der Waals surface area contributed by atoms with Crippen molar-refractivity contribution in [2.45, 2.75) is 38.6 Å². The molecule has 1 atom stereocenters. The van der Waals surface area contributed by atoms with E-state index in [9.17, 15) is 18.0 Å². The average Bonchev–Trinajstić information content (AvgIpc) is 2.82. The second-order valence-corrected chi connectivity index (χ2v) is 10.6. The lowest BCUT2D eigenvalue weighted by Crippen LogP contribution is -2.57. The lowest BCUT2D eigenvalue weighted by atomic mass is 10.0. The minimum atomic E-state index is -3.67. The quantitative estimate of drug-likeness (QED) is 0.618. The van der Waals surface area contributed by atoms with E-state index >= 15 is 0 Å². The summed E-state index contributed by atoms with van der Waals surface area (Å²) in [6, 6.07) is 12.9. The van der Waals surface area contributed by atoms with Crippen molar-refractivity contribution in [1.29, 1.82) is 0 Å². The fourth-order valence-electron chi connectivity index (χ4n) is 3.89. The van der Waals surface area contributed by atoms with E-state index in [0.717, 1.165) is 5.56 Å². The van der Waals surface area contributed by atoms with Crippen molar-refractivity contribution in [3.05, 3.63) is 59.7 Å². The monoisotopic (exact) mass is 487 g/mol. The molecule has 1 aliphatic rings. The van der Waals surface area contributed by atoms with Crippen molar-refractivity contribution in [2.24, 2.45) is 5.92 Å². The Morgan fingerprint density at radius 3 is 2.24 bits per heavy atom. The Morgan fingerprint density at radius 1 is 1.03 bits per heavy atom. The van der Waals surface area contributed by atoms with E-state index in [-0.39, 0.29) is 48.8 Å². The molecule has 2 aromatic carbocycles. The van der Waals surface area contributed by atoms with Crippen LogP contribution in [0.4, 0.5) is 0 Å². The second kappa shape index (κ2) is 11.0. The van der Waals surface area contributed by atoms with E-state index in [1.807, 2.05) is 33.8 Å². The van der Waals surface area contributed by atoms with Gasteiger partial charge in [0.1, 0.15) is 11.8 Å². The van der Waals surface area contributed by atoms with Gasteiger partial charge in [-0.05, 0) is 56.2 Å². The van der Waals surface area contributed by atoms with Crippen LogP contribution in [-0.2, 0) is 14.8 Å². The van der Waals surface area contributed by atoms with E-state index in [2.05, 4.69) is 5.32 Å². The highest BCUT2D eigenvalue weighted by Gasteiger charge is 2.34. The molecule has 1 fully saturated rings. The van der Waals surface area contributed by atoms with Crippen LogP contribution < -0.4 is 10.1 Å². The number of carbonyl (C=O) groups excluding carboxylic acids is 2. The largest absolute Gasteiger partial charge is 0.494 e. The summed E-state index contributed by atoms with van der Waals surface area (Å²) < 4.78 is 32.8. The van der Waals surface area contributed by atoms with Crippen molar-refractivity contribution in [3.8, 4) is 5.75 Å². The molecule has 0 saturated carbocycles. The van der Waals surface area contributed by atoms with Gasteiger partial charge in [0, 0.05) is 31.7 Å². The molecule has 1 saturated heterocycles. The summed E-state index contributed by atoms with van der Waals surface area (Å²) in [4.78, 5) is 27.8. The van der Waals surface area contributed by atoms with Gasteiger partial charge in [-0.25, -0.2) is 8.42 Å². The number of sulfonamides is 1. The molecule has 1 N–H and O–H groups in total. The zero-order valence-electron chi connectivity index (χ0n) is 20.2. The van der Waals surface area contributed by atoms with Gasteiger partial charge < -0.3 is 15.0 Å². The van der Waals surface area contributed by atoms with Crippen LogP contribution in [0.3, 0.4) is 0 Å². The van der Waals surface area contributed by atoms with Gasteiger partial charge in [-0.15, -0.1) is 0 Å². The molecule has 9 heteroatoms. The predicted molar refractivity (Wildman–Crippen MR) is 130 cm³/mol. The van der Waals surface area contributed by atoms with Crippen LogP contribution in [0, 0.1) is 12.8 Å². The second-order valence-electron chi connectivity index (χ2n) is 8.70. The van der Waals surface area contributed by atoms with Gasteiger partial charge in [0.25, 0.3) is 5.91 Å². The maximum Gasteiger partial charge on any atom is 0.251 e. The summed E-state index contributed by atoms with van der Waals surface area (Å²) in [5, 5.41) is 2.87. The summed E-state index contributed by atoms with van der Waals surface area (Å²) in [5.74, 6) is -0.00207. The Labute approximate surface area is 201 Å². The van der Waals surface area contributed by atoms with Crippen molar-refractivity contribution >= 4 is 21.8 Å². The predicted octanol–water partition coefficient (Wildman–Crippen LogP) is 2.68. The molecular weight excluding hydrogens is 454 g/mol. The minimum Gasteiger partial charge on any atom is -0.494 e. The topological polar surface area (TPSA) is 96.0 Å². The van der Waals surface area contributed by atoms with Gasteiger partial charge in [0.05, 0.1) is 11.5 Å². The number of piperazine rings is 1. The van der Waals surface area contributed by atoms with Crippen LogP contribution in [0.2, 0.25) is 0 Å². The first kappa shape index (κ1) is 25.7. The zero-order chi connectivity index (χ0) is 24.9. The molecule has 0 radical (unpaired) electrons. The van der Waals surface area contributed by atoms with Crippen molar-refractivity contribution in [3.63, 3.8) is 0 Å². The molecule has 0 bridgehead atoms. The van der Waals surface area contributed by atoms with Gasteiger partial charge in [-0.3, -0.25) is 9.59 Å². The smallest absolute Gasteiger partial charge is 0.251 e. The Balaban J connectivity index is 1.64. The Hall–Kier alpha value is -2.91. The number of ether oxygens (including phenoxy) is 1. The number of rotatable bonds is 8. The van der Waals surface area contributed by atoms with Gasteiger partial charge in [0.2, 0.25) is 15.9 Å². The third-order valence-electron chi connectivity index (χ3n) is 5.82. The summed E-state index contributed by atoms with van der Waals surface area (Å²) in [7, 11) is -3.67. The maximum absolute atomic E-state index is 13.2. The Bertz CT molecular complexity index is 1110. The Morgan fingerprint density at radius 2 is 1.68 bits per heavy atom. The molecule has 34 heavy (non-hydrogen) atoms. The van der Waals surface area contributed by atoms with Crippen LogP contribution in [0.25, 0.3) is 0 Å². The van der Waals surface area contributed by atoms with E-state index in [0.29, 0.717) is 17.9 Å². The third-order valence-corrected chi connectivity index (χ3v) is 7.74. The number of nitrogens with one attached hydrogen (secondary N) is 1. The number of nitrogens with zero attached hydrogens (tertiary/aromatic N) is 2. The summed E-state index contributed by atoms with van der Waals surface area (Å²) in [6.07, 6.45) is 0. The highest BCUT2D eigenvalue weighted by Crippen LogP contribution is 2.21. The zero-order valence-corrected chi connectivity index (χ0v) is 21.0. The fourth-order valence-corrected chi connectivity index (χ4v) is 5.32. The SMILES string of the molecule is CCOc1ccc(S(=O)(=O)N2CCN(C(=O)[C@@H](NC(=O)c3cccc(C)c3)C(C)C)CC2)cc1. The number of aryl methyl sites for hydroxylation is 1. The molecule has 1 aliphatic heterocycles. The lowest BCUT2D eigenvalue weighted by Gasteiger charge is -2.36. The van der Waals surface area contributed by atoms with Crippen LogP contribution in [0.5, 0.6) is 5.75 Å². The van der Waals surface area contributed by atoms with E-state index in [1.165, 1.54) is 16.4 Å². The van der Waals surface area contributed by atoms with Crippen LogP contribution in [0.1, 0.15) is 36.7 Å². The number of amides is 2. The van der Waals surface area contributed by atoms with Crippen molar-refractivity contribution in [2.75, 3.05) is 32.8 Å². The summed E-state index contributed by atoms with van der Waals surface area (Å²) in [5.41, 5.74) is 1.47. The average molecular weight is 488 g/mol. The van der Waals surface area contributed by atoms with Crippen LogP contribution in [-0.4, -0.2) is 68.3 Å². The number of carbonyl (C=O) groups is 2. The first-order valence-corrected chi connectivity index (χ1v) is 13.0.